The van der Waals surface area contributed by atoms with E-state index < -0.39 is 0 Å². The highest BCUT2D eigenvalue weighted by molar-refractivity contribution is 5.96. The molecule has 0 saturated heterocycles. The quantitative estimate of drug-likeness (QED) is 0.805. The van der Waals surface area contributed by atoms with E-state index in [4.69, 9.17) is 11.5 Å². The molecule has 1 saturated carbocycles. The molecule has 0 unspecified atom stereocenters. The second kappa shape index (κ2) is 5.29. The van der Waals surface area contributed by atoms with E-state index in [0.29, 0.717) is 23.0 Å². The van der Waals surface area contributed by atoms with Crippen LogP contribution < -0.4 is 11.5 Å². The second-order valence-electron chi connectivity index (χ2n) is 4.92. The van der Waals surface area contributed by atoms with Crippen LogP contribution >= 0.6 is 0 Å². The summed E-state index contributed by atoms with van der Waals surface area (Å²) >= 11 is 0. The molecule has 0 radical (unpaired) electrons. The normalized spacial score (nSPS) is 15.8. The van der Waals surface area contributed by atoms with Crippen LogP contribution in [-0.4, -0.2) is 23.4 Å². The number of carbonyl (C=O) groups excluding carboxylic acids is 1. The number of nitrogen functional groups attached to an aromatic ring is 2. The van der Waals surface area contributed by atoms with E-state index >= 15 is 0 Å². The molecule has 0 atom stereocenters. The molecule has 0 spiro atoms. The van der Waals surface area contributed by atoms with Gasteiger partial charge >= 0.3 is 0 Å². The van der Waals surface area contributed by atoms with Gasteiger partial charge in [-0.15, -0.1) is 0 Å². The van der Waals surface area contributed by atoms with E-state index in [0.717, 1.165) is 19.4 Å². The van der Waals surface area contributed by atoms with Crippen LogP contribution in [0.25, 0.3) is 0 Å². The van der Waals surface area contributed by atoms with Gasteiger partial charge in [0.2, 0.25) is 0 Å². The van der Waals surface area contributed by atoms with E-state index in [1.165, 1.54) is 12.8 Å². The Morgan fingerprint density at radius 1 is 1.22 bits per heavy atom. The summed E-state index contributed by atoms with van der Waals surface area (Å²) < 4.78 is 0. The van der Waals surface area contributed by atoms with Crippen molar-refractivity contribution in [2.45, 2.75) is 38.6 Å². The minimum absolute atomic E-state index is 0.0448. The average molecular weight is 247 g/mol. The predicted molar refractivity (Wildman–Crippen MR) is 74.2 cm³/mol. The Bertz CT molecular complexity index is 418. The van der Waals surface area contributed by atoms with Gasteiger partial charge in [-0.25, -0.2) is 0 Å². The Balaban J connectivity index is 2.22. The van der Waals surface area contributed by atoms with Crippen LogP contribution in [0.1, 0.15) is 43.0 Å². The fourth-order valence-corrected chi connectivity index (χ4v) is 2.75. The molecule has 0 aromatic heterocycles. The summed E-state index contributed by atoms with van der Waals surface area (Å²) in [5, 5.41) is 0. The first-order valence-electron chi connectivity index (χ1n) is 6.59. The fourth-order valence-electron chi connectivity index (χ4n) is 2.75. The zero-order chi connectivity index (χ0) is 13.1. The molecule has 18 heavy (non-hydrogen) atoms. The van der Waals surface area contributed by atoms with Gasteiger partial charge in [-0.05, 0) is 38.0 Å². The molecular formula is C14H21N3O. The van der Waals surface area contributed by atoms with Crippen LogP contribution in [0.4, 0.5) is 11.4 Å². The highest BCUT2D eigenvalue weighted by atomic mass is 16.2. The summed E-state index contributed by atoms with van der Waals surface area (Å²) in [5.41, 5.74) is 13.2. The third-order valence-electron chi connectivity index (χ3n) is 3.59. The maximum atomic E-state index is 12.5. The van der Waals surface area contributed by atoms with E-state index in [1.54, 1.807) is 18.2 Å². The third-order valence-corrected chi connectivity index (χ3v) is 3.59. The number of nitrogens with two attached hydrogens (primary N) is 2. The summed E-state index contributed by atoms with van der Waals surface area (Å²) in [6.07, 6.45) is 4.65. The molecule has 4 nitrogen and oxygen atoms in total. The molecule has 1 amide bonds. The lowest BCUT2D eigenvalue weighted by Gasteiger charge is -2.28. The van der Waals surface area contributed by atoms with E-state index in [-0.39, 0.29) is 5.91 Å². The topological polar surface area (TPSA) is 72.3 Å². The van der Waals surface area contributed by atoms with Gasteiger partial charge in [0.1, 0.15) is 0 Å². The lowest BCUT2D eigenvalue weighted by atomic mass is 10.1. The Morgan fingerprint density at radius 3 is 2.28 bits per heavy atom. The minimum Gasteiger partial charge on any atom is -0.399 e. The maximum absolute atomic E-state index is 12.5. The lowest BCUT2D eigenvalue weighted by molar-refractivity contribution is 0.0693. The van der Waals surface area contributed by atoms with Gasteiger partial charge in [0.15, 0.2) is 0 Å². The monoisotopic (exact) mass is 247 g/mol. The van der Waals surface area contributed by atoms with Gasteiger partial charge in [0.25, 0.3) is 5.91 Å². The van der Waals surface area contributed by atoms with Crippen molar-refractivity contribution in [2.24, 2.45) is 0 Å². The molecule has 0 bridgehead atoms. The van der Waals surface area contributed by atoms with Crippen molar-refractivity contribution in [2.75, 3.05) is 18.0 Å². The molecule has 1 aromatic carbocycles. The smallest absolute Gasteiger partial charge is 0.254 e. The number of anilines is 2. The second-order valence-corrected chi connectivity index (χ2v) is 4.92. The van der Waals surface area contributed by atoms with E-state index in [1.807, 2.05) is 11.8 Å². The Morgan fingerprint density at radius 2 is 1.78 bits per heavy atom. The summed E-state index contributed by atoms with van der Waals surface area (Å²) in [7, 11) is 0. The van der Waals surface area contributed by atoms with Crippen LogP contribution in [-0.2, 0) is 0 Å². The van der Waals surface area contributed by atoms with Crippen molar-refractivity contribution in [3.63, 3.8) is 0 Å². The van der Waals surface area contributed by atoms with Crippen molar-refractivity contribution >= 4 is 17.3 Å². The van der Waals surface area contributed by atoms with Crippen molar-refractivity contribution < 1.29 is 4.79 Å². The molecule has 0 heterocycles. The number of nitrogens with zero attached hydrogens (tertiary/aromatic N) is 1. The standard InChI is InChI=1S/C14H21N3O/c1-2-17(13-5-3-4-6-13)14(18)10-7-11(15)9-12(16)8-10/h7-9,13H,2-6,15-16H2,1H3. The minimum atomic E-state index is 0.0448. The molecule has 1 aliphatic rings. The molecule has 4 N–H and O–H groups in total. The molecule has 0 aliphatic heterocycles. The molecule has 4 heteroatoms. The van der Waals surface area contributed by atoms with Crippen molar-refractivity contribution in [3.8, 4) is 0 Å². The van der Waals surface area contributed by atoms with E-state index in [9.17, 15) is 4.79 Å². The number of hydrogen-bond acceptors (Lipinski definition) is 3. The third kappa shape index (κ3) is 2.58. The lowest BCUT2D eigenvalue weighted by Crippen LogP contribution is -2.38. The summed E-state index contributed by atoms with van der Waals surface area (Å²) in [4.78, 5) is 14.4. The summed E-state index contributed by atoms with van der Waals surface area (Å²) in [5.74, 6) is 0.0448. The highest BCUT2D eigenvalue weighted by Crippen LogP contribution is 2.25. The molecule has 2 rings (SSSR count). The Kier molecular flexibility index (Phi) is 3.75. The van der Waals surface area contributed by atoms with Gasteiger partial charge < -0.3 is 16.4 Å². The van der Waals surface area contributed by atoms with Gasteiger partial charge in [0, 0.05) is 29.5 Å². The van der Waals surface area contributed by atoms with Crippen molar-refractivity contribution in [1.82, 2.24) is 4.90 Å². The molecule has 98 valence electrons. The number of rotatable bonds is 3. The number of benzene rings is 1. The van der Waals surface area contributed by atoms with E-state index in [2.05, 4.69) is 0 Å². The maximum Gasteiger partial charge on any atom is 0.254 e. The number of carbonyl (C=O) groups is 1. The van der Waals surface area contributed by atoms with Gasteiger partial charge in [0.05, 0.1) is 0 Å². The predicted octanol–water partition coefficient (Wildman–Crippen LogP) is 2.26. The first-order valence-corrected chi connectivity index (χ1v) is 6.59. The first kappa shape index (κ1) is 12.7. The van der Waals surface area contributed by atoms with Gasteiger partial charge in [-0.1, -0.05) is 12.8 Å². The zero-order valence-electron chi connectivity index (χ0n) is 10.9. The van der Waals surface area contributed by atoms with Crippen LogP contribution in [0.3, 0.4) is 0 Å². The number of hydrogen-bond donors (Lipinski definition) is 2. The average Bonchev–Trinajstić information content (AvgIpc) is 2.82. The fraction of sp³-hybridized carbons (Fsp3) is 0.500. The van der Waals surface area contributed by atoms with Crippen molar-refractivity contribution in [1.29, 1.82) is 0 Å². The molecular weight excluding hydrogens is 226 g/mol. The summed E-state index contributed by atoms with van der Waals surface area (Å²) in [6, 6.07) is 5.46. The van der Waals surface area contributed by atoms with Gasteiger partial charge in [-0.3, -0.25) is 4.79 Å². The van der Waals surface area contributed by atoms with Crippen molar-refractivity contribution in [3.05, 3.63) is 23.8 Å². The molecule has 1 fully saturated rings. The zero-order valence-corrected chi connectivity index (χ0v) is 10.9. The van der Waals surface area contributed by atoms with Crippen LogP contribution in [0, 0.1) is 0 Å². The Hall–Kier alpha value is -1.71. The Labute approximate surface area is 108 Å². The molecule has 1 aliphatic carbocycles. The SMILES string of the molecule is CCN(C(=O)c1cc(N)cc(N)c1)C1CCCC1. The highest BCUT2D eigenvalue weighted by Gasteiger charge is 2.26. The molecule has 1 aromatic rings. The van der Waals surface area contributed by atoms with Crippen LogP contribution in [0.5, 0.6) is 0 Å². The summed E-state index contributed by atoms with van der Waals surface area (Å²) in [6.45, 7) is 2.75. The number of amides is 1. The van der Waals surface area contributed by atoms with Crippen LogP contribution in [0.2, 0.25) is 0 Å². The largest absolute Gasteiger partial charge is 0.399 e. The first-order chi connectivity index (χ1) is 8.61. The van der Waals surface area contributed by atoms with Gasteiger partial charge in [-0.2, -0.15) is 0 Å². The van der Waals surface area contributed by atoms with Crippen LogP contribution in [0.15, 0.2) is 18.2 Å².